The molecule has 3 heteroatoms. The second-order valence-electron chi connectivity index (χ2n) is 7.03. The van der Waals surface area contributed by atoms with Crippen LogP contribution in [-0.2, 0) is 4.74 Å². The minimum atomic E-state index is -0.407. The highest BCUT2D eigenvalue weighted by atomic mass is 32.2. The molecule has 0 radical (unpaired) electrons. The van der Waals surface area contributed by atoms with Crippen LogP contribution in [0.4, 0.5) is 4.39 Å². The van der Waals surface area contributed by atoms with Crippen LogP contribution >= 0.6 is 11.8 Å². The normalized spacial score (nSPS) is 17.4. The molecular formula is C24H27FOS. The maximum Gasteiger partial charge on any atom is 0.130 e. The van der Waals surface area contributed by atoms with E-state index in [0.29, 0.717) is 0 Å². The maximum atomic E-state index is 13.4. The van der Waals surface area contributed by atoms with Crippen LogP contribution in [0.2, 0.25) is 0 Å². The second-order valence-corrected chi connectivity index (χ2v) is 7.91. The number of hydrogen-bond donors (Lipinski definition) is 0. The van der Waals surface area contributed by atoms with E-state index in [1.165, 1.54) is 33.7 Å². The summed E-state index contributed by atoms with van der Waals surface area (Å²) in [5, 5.41) is 0. The van der Waals surface area contributed by atoms with Gasteiger partial charge in [0.2, 0.25) is 0 Å². The van der Waals surface area contributed by atoms with Crippen LogP contribution in [0, 0.1) is 5.82 Å². The fourth-order valence-corrected chi connectivity index (χ4v) is 3.86. The summed E-state index contributed by atoms with van der Waals surface area (Å²) in [6.07, 6.45) is 4.26. The van der Waals surface area contributed by atoms with E-state index in [9.17, 15) is 4.39 Å². The van der Waals surface area contributed by atoms with Gasteiger partial charge in [-0.15, -0.1) is 11.8 Å². The predicted molar refractivity (Wildman–Crippen MR) is 114 cm³/mol. The molecular weight excluding hydrogens is 355 g/mol. The Morgan fingerprint density at radius 2 is 1.44 bits per heavy atom. The third-order valence-corrected chi connectivity index (χ3v) is 5.51. The molecule has 0 amide bonds. The molecule has 1 nitrogen and oxygen atoms in total. The Bertz CT molecular complexity index is 868. The lowest BCUT2D eigenvalue weighted by Crippen LogP contribution is -2.20. The van der Waals surface area contributed by atoms with E-state index >= 15 is 0 Å². The van der Waals surface area contributed by atoms with Gasteiger partial charge in [0, 0.05) is 16.0 Å². The highest BCUT2D eigenvalue weighted by molar-refractivity contribution is 7.98. The number of benzene rings is 2. The van der Waals surface area contributed by atoms with Crippen LogP contribution in [0.5, 0.6) is 0 Å². The molecule has 27 heavy (non-hydrogen) atoms. The van der Waals surface area contributed by atoms with Crippen LogP contribution in [-0.4, -0.2) is 11.9 Å². The van der Waals surface area contributed by atoms with Gasteiger partial charge >= 0.3 is 0 Å². The molecule has 0 unspecified atom stereocenters. The van der Waals surface area contributed by atoms with Gasteiger partial charge in [-0.2, -0.15) is 0 Å². The van der Waals surface area contributed by atoms with Gasteiger partial charge in [-0.3, -0.25) is 0 Å². The fourth-order valence-electron chi connectivity index (χ4n) is 3.45. The first-order chi connectivity index (χ1) is 13.0. The van der Waals surface area contributed by atoms with Crippen LogP contribution < -0.4 is 0 Å². The Morgan fingerprint density at radius 3 is 1.96 bits per heavy atom. The Hall–Kier alpha value is -2.00. The van der Waals surface area contributed by atoms with Gasteiger partial charge in [-0.1, -0.05) is 38.1 Å². The molecule has 2 aromatic carbocycles. The molecule has 1 saturated carbocycles. The number of hydrogen-bond acceptors (Lipinski definition) is 2. The molecule has 0 N–H and O–H groups in total. The molecule has 0 bridgehead atoms. The topological polar surface area (TPSA) is 9.23 Å². The fraction of sp³-hybridized carbons (Fsp3) is 0.333. The van der Waals surface area contributed by atoms with Crippen molar-refractivity contribution in [3.63, 3.8) is 0 Å². The van der Waals surface area contributed by atoms with Crippen molar-refractivity contribution in [1.29, 1.82) is 0 Å². The Labute approximate surface area is 166 Å². The number of thioether (sulfide) groups is 1. The minimum absolute atomic E-state index is 0.214. The zero-order chi connectivity index (χ0) is 19.6. The molecule has 1 aliphatic heterocycles. The third kappa shape index (κ3) is 3.98. The van der Waals surface area contributed by atoms with E-state index in [4.69, 9.17) is 4.74 Å². The van der Waals surface area contributed by atoms with E-state index in [1.807, 2.05) is 26.0 Å². The average Bonchev–Trinajstić information content (AvgIpc) is 3.48. The molecule has 142 valence electrons. The van der Waals surface area contributed by atoms with Gasteiger partial charge < -0.3 is 4.74 Å². The maximum absolute atomic E-state index is 13.4. The molecule has 0 spiro atoms. The number of allylic oxidation sites excluding steroid dienone is 2. The summed E-state index contributed by atoms with van der Waals surface area (Å²) in [5.41, 5.74) is 5.44. The van der Waals surface area contributed by atoms with Crippen molar-refractivity contribution in [2.24, 2.45) is 0 Å². The van der Waals surface area contributed by atoms with E-state index in [0.717, 1.165) is 29.7 Å². The first kappa shape index (κ1) is 19.8. The first-order valence-electron chi connectivity index (χ1n) is 9.56. The molecule has 2 aromatic rings. The molecule has 0 atom stereocenters. The van der Waals surface area contributed by atoms with Crippen molar-refractivity contribution >= 4 is 22.9 Å². The highest BCUT2D eigenvalue weighted by Gasteiger charge is 2.41. The molecule has 2 aliphatic rings. The number of ether oxygens (including phenoxy) is 1. The van der Waals surface area contributed by atoms with Crippen molar-refractivity contribution in [2.45, 2.75) is 51.0 Å². The van der Waals surface area contributed by atoms with Gasteiger partial charge in [0.25, 0.3) is 0 Å². The third-order valence-electron chi connectivity index (χ3n) is 4.77. The number of rotatable bonds is 3. The van der Waals surface area contributed by atoms with Crippen LogP contribution in [0.25, 0.3) is 11.1 Å². The van der Waals surface area contributed by atoms with Gasteiger partial charge in [0.05, 0.1) is 0 Å². The van der Waals surface area contributed by atoms with E-state index in [1.54, 1.807) is 11.8 Å². The lowest BCUT2D eigenvalue weighted by atomic mass is 9.86. The molecule has 1 aliphatic carbocycles. The Kier molecular flexibility index (Phi) is 5.81. The first-order valence-corrected chi connectivity index (χ1v) is 10.8. The van der Waals surface area contributed by atoms with Crippen molar-refractivity contribution in [1.82, 2.24) is 0 Å². The monoisotopic (exact) mass is 382 g/mol. The summed E-state index contributed by atoms with van der Waals surface area (Å²) in [7, 11) is 0. The Morgan fingerprint density at radius 1 is 0.889 bits per heavy atom. The predicted octanol–water partition coefficient (Wildman–Crippen LogP) is 7.34. The van der Waals surface area contributed by atoms with Crippen molar-refractivity contribution in [3.8, 4) is 0 Å². The quantitative estimate of drug-likeness (QED) is 0.514. The van der Waals surface area contributed by atoms with Crippen molar-refractivity contribution < 1.29 is 9.13 Å². The summed E-state index contributed by atoms with van der Waals surface area (Å²) in [6.45, 7) is 8.23. The zero-order valence-electron chi connectivity index (χ0n) is 16.7. The summed E-state index contributed by atoms with van der Waals surface area (Å²) in [5.74, 6) is 0.787. The van der Waals surface area contributed by atoms with Gasteiger partial charge in [0.15, 0.2) is 0 Å². The highest BCUT2D eigenvalue weighted by Crippen LogP contribution is 2.52. The van der Waals surface area contributed by atoms with Gasteiger partial charge in [0.1, 0.15) is 17.2 Å². The number of halogens is 1. The Balaban J connectivity index is 0.00000102. The molecule has 0 saturated heterocycles. The van der Waals surface area contributed by atoms with Crippen molar-refractivity contribution in [2.75, 3.05) is 6.26 Å². The van der Waals surface area contributed by atoms with Gasteiger partial charge in [-0.25, -0.2) is 4.39 Å². The molecule has 1 heterocycles. The second kappa shape index (κ2) is 7.93. The largest absolute Gasteiger partial charge is 0.483 e. The standard InChI is InChI=1S/C22H21FOS.C2H6/c1-22(2)20(15-8-12-18(25-3)13-9-15)19(21(24-22)16-4-5-16)14-6-10-17(23)11-7-14;1-2/h6-13H,4-5H2,1-3H3;1-2H3. The molecule has 4 rings (SSSR count). The van der Waals surface area contributed by atoms with E-state index < -0.39 is 5.60 Å². The smallest absolute Gasteiger partial charge is 0.130 e. The molecule has 1 fully saturated rings. The summed E-state index contributed by atoms with van der Waals surface area (Å²) in [6, 6.07) is 15.4. The lowest BCUT2D eigenvalue weighted by Gasteiger charge is -2.23. The average molecular weight is 383 g/mol. The lowest BCUT2D eigenvalue weighted by molar-refractivity contribution is 0.110. The van der Waals surface area contributed by atoms with E-state index in [2.05, 4.69) is 44.4 Å². The summed E-state index contributed by atoms with van der Waals surface area (Å²) >= 11 is 1.74. The van der Waals surface area contributed by atoms with Crippen LogP contribution in [0.15, 0.2) is 64.8 Å². The van der Waals surface area contributed by atoms with Crippen LogP contribution in [0.3, 0.4) is 0 Å². The van der Waals surface area contributed by atoms with Crippen molar-refractivity contribution in [3.05, 3.63) is 76.8 Å². The van der Waals surface area contributed by atoms with Gasteiger partial charge in [-0.05, 0) is 73.9 Å². The molecule has 0 aromatic heterocycles. The summed E-state index contributed by atoms with van der Waals surface area (Å²) in [4.78, 5) is 1.24. The SMILES string of the molecule is CC.CSc1ccc(C2=C(c3ccc(F)cc3)C(=C3CC3)OC2(C)C)cc1. The minimum Gasteiger partial charge on any atom is -0.483 e. The van der Waals surface area contributed by atoms with Crippen LogP contribution in [0.1, 0.15) is 51.7 Å². The zero-order valence-corrected chi connectivity index (χ0v) is 17.5. The van der Waals surface area contributed by atoms with E-state index in [-0.39, 0.29) is 5.82 Å². The summed E-state index contributed by atoms with van der Waals surface area (Å²) < 4.78 is 19.8.